The van der Waals surface area contributed by atoms with Crippen molar-refractivity contribution in [3.63, 3.8) is 0 Å². The van der Waals surface area contributed by atoms with E-state index in [1.807, 2.05) is 33.7 Å². The minimum Gasteiger partial charge on any atom is -0.490 e. The lowest BCUT2D eigenvalue weighted by atomic mass is 9.96. The van der Waals surface area contributed by atoms with E-state index >= 15 is 13.6 Å². The summed E-state index contributed by atoms with van der Waals surface area (Å²) in [6.45, 7) is 10.1. The van der Waals surface area contributed by atoms with Crippen molar-refractivity contribution in [1.82, 2.24) is 48.3 Å². The molecule has 8 aromatic rings. The zero-order valence-electron chi connectivity index (χ0n) is 37.8. The van der Waals surface area contributed by atoms with Crippen molar-refractivity contribution >= 4 is 27.7 Å². The fourth-order valence-corrected chi connectivity index (χ4v) is 11.5. The first-order valence-corrected chi connectivity index (χ1v) is 22.8. The Hall–Kier alpha value is -7.08. The molecule has 8 heterocycles. The summed E-state index contributed by atoms with van der Waals surface area (Å²) in [6.07, 6.45) is 7.99. The third kappa shape index (κ3) is 6.10. The van der Waals surface area contributed by atoms with Crippen LogP contribution in [-0.4, -0.2) is 78.6 Å². The molecule has 12 rings (SSSR count). The van der Waals surface area contributed by atoms with Crippen molar-refractivity contribution in [3.8, 4) is 22.9 Å². The maximum Gasteiger partial charge on any atom is 0.438 e. The maximum atomic E-state index is 16.2. The smallest absolute Gasteiger partial charge is 0.438 e. The number of ether oxygens (including phenoxy) is 2. The Balaban J connectivity index is 1.02. The summed E-state index contributed by atoms with van der Waals surface area (Å²) in [7, 11) is 1.72. The first-order chi connectivity index (χ1) is 32.1. The molecule has 67 heavy (non-hydrogen) atoms. The molecule has 18 heteroatoms. The number of aromatic amines is 1. The number of amides is 1. The molecule has 3 aromatic carbocycles. The number of nitrogens with zero attached hydrogens (tertiary/aromatic N) is 9. The van der Waals surface area contributed by atoms with Gasteiger partial charge in [-0.05, 0) is 106 Å². The van der Waals surface area contributed by atoms with Gasteiger partial charge in [-0.15, -0.1) is 0 Å². The molecule has 1 aliphatic carbocycles. The van der Waals surface area contributed by atoms with E-state index in [2.05, 4.69) is 36.0 Å². The summed E-state index contributed by atoms with van der Waals surface area (Å²) in [5.74, 6) is -0.585. The molecule has 5 aromatic heterocycles. The number of benzene rings is 3. The number of carbonyl (C=O) groups excluding carboxylic acids is 1. The van der Waals surface area contributed by atoms with Gasteiger partial charge in [0.25, 0.3) is 5.91 Å². The average Bonchev–Trinajstić information content (AvgIpc) is 4.00. The Morgan fingerprint density at radius 2 is 1.72 bits per heavy atom. The van der Waals surface area contributed by atoms with Crippen molar-refractivity contribution in [2.45, 2.75) is 102 Å². The maximum absolute atomic E-state index is 16.2. The van der Waals surface area contributed by atoms with Crippen LogP contribution in [0.1, 0.15) is 97.6 Å². The molecular formula is C49H48F2N10O6. The summed E-state index contributed by atoms with van der Waals surface area (Å²) in [4.78, 5) is 47.9. The van der Waals surface area contributed by atoms with Gasteiger partial charge in [0.15, 0.2) is 11.6 Å². The Labute approximate surface area is 381 Å². The fraction of sp³-hybridized carbons (Fsp3) is 0.388. The number of aryl methyl sites for hydroxylation is 3. The topological polar surface area (TPSA) is 165 Å². The van der Waals surface area contributed by atoms with Crippen molar-refractivity contribution in [3.05, 3.63) is 134 Å². The van der Waals surface area contributed by atoms with Gasteiger partial charge in [0, 0.05) is 55.7 Å². The van der Waals surface area contributed by atoms with Crippen molar-refractivity contribution in [2.24, 2.45) is 13.0 Å². The molecule has 2 bridgehead atoms. The molecule has 2 saturated heterocycles. The van der Waals surface area contributed by atoms with Crippen LogP contribution in [0.25, 0.3) is 39.0 Å². The number of carbonyl (C=O) groups is 1. The molecule has 16 nitrogen and oxygen atoms in total. The second-order valence-electron chi connectivity index (χ2n) is 19.4. The average molecular weight is 911 g/mol. The van der Waals surface area contributed by atoms with E-state index in [-0.39, 0.29) is 46.5 Å². The molecule has 1 saturated carbocycles. The third-order valence-electron chi connectivity index (χ3n) is 14.7. The first kappa shape index (κ1) is 41.4. The Bertz CT molecular complexity index is 3470. The minimum absolute atomic E-state index is 0.0342. The first-order valence-electron chi connectivity index (χ1n) is 22.8. The lowest BCUT2D eigenvalue weighted by molar-refractivity contribution is -0.0894. The summed E-state index contributed by atoms with van der Waals surface area (Å²) < 4.78 is 57.2. The molecule has 4 aliphatic rings. The van der Waals surface area contributed by atoms with Crippen LogP contribution in [0.4, 0.5) is 8.78 Å². The Morgan fingerprint density at radius 3 is 2.45 bits per heavy atom. The number of H-pyrrole nitrogens is 1. The number of aromatic nitrogens is 9. The molecule has 3 aliphatic heterocycles. The van der Waals surface area contributed by atoms with Crippen molar-refractivity contribution < 1.29 is 27.6 Å². The second kappa shape index (κ2) is 14.5. The molecular weight excluding hydrogens is 863 g/mol. The molecule has 344 valence electrons. The molecule has 1 N–H and O–H groups in total. The van der Waals surface area contributed by atoms with Gasteiger partial charge >= 0.3 is 11.4 Å². The lowest BCUT2D eigenvalue weighted by Gasteiger charge is -2.35. The molecule has 0 unspecified atom stereocenters. The van der Waals surface area contributed by atoms with Crippen LogP contribution in [0.2, 0.25) is 0 Å². The summed E-state index contributed by atoms with van der Waals surface area (Å²) in [6, 6.07) is 13.5. The number of rotatable bonds is 8. The predicted molar refractivity (Wildman–Crippen MR) is 241 cm³/mol. The van der Waals surface area contributed by atoms with Crippen LogP contribution in [0.3, 0.4) is 0 Å². The van der Waals surface area contributed by atoms with Gasteiger partial charge in [-0.25, -0.2) is 23.1 Å². The lowest BCUT2D eigenvalue weighted by Crippen LogP contribution is -2.43. The standard InChI is InChI=1S/C49H48F2N10O6/c1-25-18-29(19-26(2)41(25)50)61-43(58-16-15-57(47(58)64)37-13-12-34-32(42(37)51)24-52-56(34)6)40-33(54-61)20-28-10-11-36(40)59(28)44(62)38-21-31-35(60(38)49(22-27(49)3)45-53-46(63)67-55-45)8-7-9-39(31)66-30-14-17-65-48(4,5)23-30/h7-9,12-13,15-16,18-19,21,24,27-28,30,36H,10-11,14,17,20,22-23H2,1-6H3,(H,53,55,63)/t27-,28+,30+,36-,49-/m0/s1. The van der Waals surface area contributed by atoms with Gasteiger partial charge in [0.2, 0.25) is 0 Å². The minimum atomic E-state index is -0.906. The van der Waals surface area contributed by atoms with Gasteiger partial charge in [-0.2, -0.15) is 10.2 Å². The molecule has 1 amide bonds. The molecule has 5 atom stereocenters. The van der Waals surface area contributed by atoms with E-state index in [9.17, 15) is 9.59 Å². The third-order valence-corrected chi connectivity index (χ3v) is 14.7. The van der Waals surface area contributed by atoms with E-state index in [4.69, 9.17) is 19.1 Å². The van der Waals surface area contributed by atoms with Gasteiger partial charge in [0.05, 0.1) is 57.9 Å². The van der Waals surface area contributed by atoms with E-state index in [0.29, 0.717) is 102 Å². The van der Waals surface area contributed by atoms with E-state index < -0.39 is 28.8 Å². The SMILES string of the molecule is Cc1cc(-n2nc3c(c2-n2ccn(-c4ccc5c(cnn5C)c4F)c2=O)[C@@H]2CC[C@H](C3)N2C(=O)c2cc3c(O[C@@H]4CCOC(C)(C)C4)cccc3n2[C@@]2(c3noc(=O)[nH]3)C[C@@H]2C)cc(C)c1F. The fourth-order valence-electron chi connectivity index (χ4n) is 11.5. The van der Waals surface area contributed by atoms with Gasteiger partial charge in [0.1, 0.15) is 34.7 Å². The Morgan fingerprint density at radius 1 is 0.940 bits per heavy atom. The van der Waals surface area contributed by atoms with Gasteiger partial charge in [-0.3, -0.25) is 28.1 Å². The van der Waals surface area contributed by atoms with Crippen molar-refractivity contribution in [1.29, 1.82) is 0 Å². The number of fused-ring (bicyclic) bond motifs is 6. The normalized spacial score (nSPS) is 23.1. The molecule has 0 spiro atoms. The summed E-state index contributed by atoms with van der Waals surface area (Å²) >= 11 is 0. The highest BCUT2D eigenvalue weighted by Gasteiger charge is 2.60. The highest BCUT2D eigenvalue weighted by molar-refractivity contribution is 6.01. The number of hydrogen-bond donors (Lipinski definition) is 1. The van der Waals surface area contributed by atoms with Crippen LogP contribution in [0.5, 0.6) is 5.75 Å². The quantitative estimate of drug-likeness (QED) is 0.165. The van der Waals surface area contributed by atoms with E-state index in [0.717, 1.165) is 10.9 Å². The molecule has 0 radical (unpaired) electrons. The van der Waals surface area contributed by atoms with Crippen LogP contribution >= 0.6 is 0 Å². The van der Waals surface area contributed by atoms with E-state index in [1.54, 1.807) is 60.7 Å². The number of hydrogen-bond acceptors (Lipinski definition) is 9. The largest absolute Gasteiger partial charge is 0.490 e. The number of nitrogens with one attached hydrogen (secondary N) is 1. The van der Waals surface area contributed by atoms with Crippen LogP contribution < -0.4 is 16.2 Å². The predicted octanol–water partition coefficient (Wildman–Crippen LogP) is 7.25. The van der Waals surface area contributed by atoms with Crippen LogP contribution in [0.15, 0.2) is 81.2 Å². The highest BCUT2D eigenvalue weighted by Crippen LogP contribution is 2.57. The van der Waals surface area contributed by atoms with Crippen LogP contribution in [-0.2, 0) is 23.7 Å². The van der Waals surface area contributed by atoms with E-state index in [1.165, 1.54) is 21.5 Å². The number of imidazole rings is 1. The monoisotopic (exact) mass is 910 g/mol. The van der Waals surface area contributed by atoms with Crippen LogP contribution in [0, 0.1) is 31.4 Å². The summed E-state index contributed by atoms with van der Waals surface area (Å²) in [5.41, 5.74) is 2.63. The highest BCUT2D eigenvalue weighted by atomic mass is 19.1. The second-order valence-corrected chi connectivity index (χ2v) is 19.4. The van der Waals surface area contributed by atoms with Gasteiger partial charge < -0.3 is 18.9 Å². The van der Waals surface area contributed by atoms with Crippen molar-refractivity contribution in [2.75, 3.05) is 6.61 Å². The Kier molecular flexibility index (Phi) is 8.93. The summed E-state index contributed by atoms with van der Waals surface area (Å²) in [5, 5.41) is 14.6. The zero-order chi connectivity index (χ0) is 46.4. The zero-order valence-corrected chi connectivity index (χ0v) is 37.8. The number of halogens is 2. The molecule has 3 fully saturated rings. The van der Waals surface area contributed by atoms with Gasteiger partial charge in [-0.1, -0.05) is 18.1 Å².